The molecule has 0 amide bonds. The van der Waals surface area contributed by atoms with Crippen LogP contribution in [0.5, 0.6) is 0 Å². The summed E-state index contributed by atoms with van der Waals surface area (Å²) in [6.45, 7) is 5.00. The molecular formula is C15H22N4. The van der Waals surface area contributed by atoms with Crippen molar-refractivity contribution in [1.82, 2.24) is 4.90 Å². The van der Waals surface area contributed by atoms with Gasteiger partial charge in [0.25, 0.3) is 0 Å². The Hall–Kier alpha value is -1.57. The molecule has 0 aliphatic carbocycles. The average Bonchev–Trinajstić information content (AvgIpc) is 2.43. The predicted molar refractivity (Wildman–Crippen MR) is 78.1 cm³/mol. The van der Waals surface area contributed by atoms with Gasteiger partial charge < -0.3 is 10.6 Å². The molecule has 0 aromatic heterocycles. The molecule has 4 heteroatoms. The number of nitrogens with two attached hydrogens (primary N) is 1. The van der Waals surface area contributed by atoms with E-state index in [0.29, 0.717) is 24.2 Å². The zero-order chi connectivity index (χ0) is 13.8. The van der Waals surface area contributed by atoms with Crippen LogP contribution >= 0.6 is 0 Å². The molecule has 2 N–H and O–H groups in total. The predicted octanol–water partition coefficient (Wildman–Crippen LogP) is 1.42. The standard InChI is InChI=1S/C15H22N4/c1-12-10-19(15(7-8-16)11-18(12)2)14-5-3-13(9-17)4-6-14/h3-6,12,15H,7-8,10-11,16H2,1-2H3. The first-order valence-electron chi connectivity index (χ1n) is 6.82. The van der Waals surface area contributed by atoms with Crippen LogP contribution in [-0.2, 0) is 0 Å². The Bertz CT molecular complexity index is 448. The van der Waals surface area contributed by atoms with Crippen molar-refractivity contribution in [3.8, 4) is 6.07 Å². The van der Waals surface area contributed by atoms with Crippen molar-refractivity contribution in [2.24, 2.45) is 5.73 Å². The quantitative estimate of drug-likeness (QED) is 0.891. The number of rotatable bonds is 3. The summed E-state index contributed by atoms with van der Waals surface area (Å²) >= 11 is 0. The molecule has 1 heterocycles. The summed E-state index contributed by atoms with van der Waals surface area (Å²) in [5.74, 6) is 0. The number of nitrogens with zero attached hydrogens (tertiary/aromatic N) is 3. The summed E-state index contributed by atoms with van der Waals surface area (Å²) in [5.41, 5.74) is 7.64. The van der Waals surface area contributed by atoms with Crippen LogP contribution < -0.4 is 10.6 Å². The second kappa shape index (κ2) is 6.05. The first kappa shape index (κ1) is 13.9. The minimum absolute atomic E-state index is 0.458. The molecule has 1 aromatic carbocycles. The van der Waals surface area contributed by atoms with Gasteiger partial charge in [-0.05, 0) is 51.2 Å². The molecule has 0 bridgehead atoms. The minimum Gasteiger partial charge on any atom is -0.366 e. The third kappa shape index (κ3) is 3.06. The molecule has 2 atom stereocenters. The molecule has 0 radical (unpaired) electrons. The fourth-order valence-electron chi connectivity index (χ4n) is 2.67. The molecule has 0 saturated carbocycles. The molecule has 2 unspecified atom stereocenters. The Morgan fingerprint density at radius 1 is 1.32 bits per heavy atom. The van der Waals surface area contributed by atoms with Crippen LogP contribution in [0.1, 0.15) is 18.9 Å². The molecular weight excluding hydrogens is 236 g/mol. The molecule has 19 heavy (non-hydrogen) atoms. The third-order valence-electron chi connectivity index (χ3n) is 3.98. The molecule has 1 saturated heterocycles. The smallest absolute Gasteiger partial charge is 0.0991 e. The Kier molecular flexibility index (Phi) is 4.41. The van der Waals surface area contributed by atoms with Crippen LogP contribution in [0.4, 0.5) is 5.69 Å². The lowest BCUT2D eigenvalue weighted by molar-refractivity contribution is 0.196. The highest BCUT2D eigenvalue weighted by atomic mass is 15.3. The summed E-state index contributed by atoms with van der Waals surface area (Å²) in [5, 5.41) is 8.87. The van der Waals surface area contributed by atoms with E-state index in [-0.39, 0.29) is 0 Å². The number of anilines is 1. The zero-order valence-corrected chi connectivity index (χ0v) is 11.7. The van der Waals surface area contributed by atoms with Gasteiger partial charge in [0.2, 0.25) is 0 Å². The molecule has 1 aliphatic heterocycles. The van der Waals surface area contributed by atoms with Gasteiger partial charge in [-0.3, -0.25) is 4.90 Å². The maximum Gasteiger partial charge on any atom is 0.0991 e. The average molecular weight is 258 g/mol. The van der Waals surface area contributed by atoms with Crippen molar-refractivity contribution >= 4 is 5.69 Å². The number of piperazine rings is 1. The Labute approximate surface area is 115 Å². The fraction of sp³-hybridized carbons (Fsp3) is 0.533. The van der Waals surface area contributed by atoms with Crippen LogP contribution in [0.15, 0.2) is 24.3 Å². The molecule has 2 rings (SSSR count). The summed E-state index contributed by atoms with van der Waals surface area (Å²) in [6.07, 6.45) is 0.997. The van der Waals surface area contributed by atoms with Gasteiger partial charge in [-0.1, -0.05) is 0 Å². The van der Waals surface area contributed by atoms with Gasteiger partial charge in [-0.25, -0.2) is 0 Å². The lowest BCUT2D eigenvalue weighted by Crippen LogP contribution is -2.56. The first-order valence-corrected chi connectivity index (χ1v) is 6.82. The Balaban J connectivity index is 2.20. The van der Waals surface area contributed by atoms with Crippen molar-refractivity contribution in [2.75, 3.05) is 31.6 Å². The number of benzene rings is 1. The van der Waals surface area contributed by atoms with Crippen molar-refractivity contribution < 1.29 is 0 Å². The monoisotopic (exact) mass is 258 g/mol. The molecule has 4 nitrogen and oxygen atoms in total. The minimum atomic E-state index is 0.458. The molecule has 1 fully saturated rings. The normalized spacial score (nSPS) is 24.2. The van der Waals surface area contributed by atoms with E-state index in [1.54, 1.807) is 0 Å². The summed E-state index contributed by atoms with van der Waals surface area (Å²) in [6, 6.07) is 11.0. The maximum absolute atomic E-state index is 8.87. The largest absolute Gasteiger partial charge is 0.366 e. The van der Waals surface area contributed by atoms with Crippen molar-refractivity contribution in [1.29, 1.82) is 5.26 Å². The van der Waals surface area contributed by atoms with Gasteiger partial charge in [-0.2, -0.15) is 5.26 Å². The maximum atomic E-state index is 8.87. The lowest BCUT2D eigenvalue weighted by Gasteiger charge is -2.45. The van der Waals surface area contributed by atoms with E-state index in [2.05, 4.69) is 29.8 Å². The molecule has 102 valence electrons. The first-order chi connectivity index (χ1) is 9.15. The number of likely N-dealkylation sites (N-methyl/N-ethyl adjacent to an activating group) is 1. The van der Waals surface area contributed by atoms with Crippen LogP contribution in [0.2, 0.25) is 0 Å². The van der Waals surface area contributed by atoms with Crippen LogP contribution in [0.25, 0.3) is 0 Å². The van der Waals surface area contributed by atoms with Gasteiger partial charge in [0, 0.05) is 30.9 Å². The molecule has 0 spiro atoms. The Morgan fingerprint density at radius 3 is 2.58 bits per heavy atom. The highest BCUT2D eigenvalue weighted by molar-refractivity contribution is 5.51. The van der Waals surface area contributed by atoms with E-state index >= 15 is 0 Å². The Morgan fingerprint density at radius 2 is 2.00 bits per heavy atom. The SMILES string of the molecule is CC1CN(c2ccc(C#N)cc2)C(CCN)CN1C. The van der Waals surface area contributed by atoms with Crippen LogP contribution in [-0.4, -0.2) is 43.7 Å². The number of hydrogen-bond donors (Lipinski definition) is 1. The second-order valence-corrected chi connectivity index (χ2v) is 5.33. The highest BCUT2D eigenvalue weighted by Crippen LogP contribution is 2.24. The zero-order valence-electron chi connectivity index (χ0n) is 11.7. The van der Waals surface area contributed by atoms with E-state index < -0.39 is 0 Å². The summed E-state index contributed by atoms with van der Waals surface area (Å²) < 4.78 is 0. The van der Waals surface area contributed by atoms with Crippen molar-refractivity contribution in [3.63, 3.8) is 0 Å². The third-order valence-corrected chi connectivity index (χ3v) is 3.98. The van der Waals surface area contributed by atoms with E-state index in [0.717, 1.165) is 19.5 Å². The van der Waals surface area contributed by atoms with Gasteiger partial charge in [0.05, 0.1) is 11.6 Å². The van der Waals surface area contributed by atoms with Gasteiger partial charge >= 0.3 is 0 Å². The van der Waals surface area contributed by atoms with Gasteiger partial charge in [0.15, 0.2) is 0 Å². The van der Waals surface area contributed by atoms with Gasteiger partial charge in [-0.15, -0.1) is 0 Å². The van der Waals surface area contributed by atoms with Crippen LogP contribution in [0, 0.1) is 11.3 Å². The topological polar surface area (TPSA) is 56.3 Å². The van der Waals surface area contributed by atoms with E-state index in [1.807, 2.05) is 24.3 Å². The second-order valence-electron chi connectivity index (χ2n) is 5.33. The lowest BCUT2D eigenvalue weighted by atomic mass is 10.0. The fourth-order valence-corrected chi connectivity index (χ4v) is 2.67. The number of hydrogen-bond acceptors (Lipinski definition) is 4. The molecule has 1 aromatic rings. The summed E-state index contributed by atoms with van der Waals surface area (Å²) in [4.78, 5) is 4.82. The van der Waals surface area contributed by atoms with Gasteiger partial charge in [0.1, 0.15) is 0 Å². The van der Waals surface area contributed by atoms with Crippen molar-refractivity contribution in [3.05, 3.63) is 29.8 Å². The molecule has 1 aliphatic rings. The van der Waals surface area contributed by atoms with E-state index in [4.69, 9.17) is 11.0 Å². The number of nitriles is 1. The summed E-state index contributed by atoms with van der Waals surface area (Å²) in [7, 11) is 2.17. The van der Waals surface area contributed by atoms with E-state index in [1.165, 1.54) is 5.69 Å². The van der Waals surface area contributed by atoms with Crippen LogP contribution in [0.3, 0.4) is 0 Å². The highest BCUT2D eigenvalue weighted by Gasteiger charge is 2.29. The van der Waals surface area contributed by atoms with Crippen molar-refractivity contribution in [2.45, 2.75) is 25.4 Å². The van der Waals surface area contributed by atoms with E-state index in [9.17, 15) is 0 Å².